The number of alkyl halides is 2. The SMILES string of the molecule is CC(C)(O)CCC1C=CC2=c3c(NC(=O)c4cccc(C(F)F)n4)c(C(C)(C)O)ccc3=NC2=C1. The Morgan fingerprint density at radius 1 is 1.14 bits per heavy atom. The quantitative estimate of drug-likeness (QED) is 0.559. The highest BCUT2D eigenvalue weighted by atomic mass is 19.3. The maximum atomic E-state index is 13.1. The summed E-state index contributed by atoms with van der Waals surface area (Å²) in [6, 6.07) is 7.38. The van der Waals surface area contributed by atoms with Gasteiger partial charge in [0.05, 0.1) is 27.9 Å². The van der Waals surface area contributed by atoms with Crippen molar-refractivity contribution in [2.24, 2.45) is 10.9 Å². The molecule has 2 aliphatic rings. The number of allylic oxidation sites excluding steroid dienone is 3. The molecular weight excluding hydrogens is 452 g/mol. The van der Waals surface area contributed by atoms with Crippen LogP contribution in [0.15, 0.2) is 59.2 Å². The van der Waals surface area contributed by atoms with Crippen LogP contribution in [0.1, 0.15) is 68.7 Å². The fourth-order valence-corrected chi connectivity index (χ4v) is 4.27. The summed E-state index contributed by atoms with van der Waals surface area (Å²) in [5.41, 5.74) is -0.303. The van der Waals surface area contributed by atoms with Crippen molar-refractivity contribution in [3.63, 3.8) is 0 Å². The van der Waals surface area contributed by atoms with E-state index in [1.54, 1.807) is 39.8 Å². The molecule has 1 aromatic carbocycles. The second kappa shape index (κ2) is 9.09. The molecule has 35 heavy (non-hydrogen) atoms. The van der Waals surface area contributed by atoms with Crippen molar-refractivity contribution >= 4 is 17.2 Å². The minimum atomic E-state index is -2.80. The van der Waals surface area contributed by atoms with E-state index < -0.39 is 29.2 Å². The number of nitrogens with one attached hydrogen (secondary N) is 1. The van der Waals surface area contributed by atoms with Gasteiger partial charge in [-0.3, -0.25) is 4.79 Å². The largest absolute Gasteiger partial charge is 0.390 e. The van der Waals surface area contributed by atoms with Crippen LogP contribution in [0.25, 0.3) is 5.57 Å². The van der Waals surface area contributed by atoms with Gasteiger partial charge in [-0.05, 0) is 64.7 Å². The molecule has 2 aromatic rings. The van der Waals surface area contributed by atoms with Crippen molar-refractivity contribution in [3.8, 4) is 0 Å². The number of hydrogen-bond acceptors (Lipinski definition) is 5. The van der Waals surface area contributed by atoms with Crippen molar-refractivity contribution < 1.29 is 23.8 Å². The van der Waals surface area contributed by atoms with E-state index in [2.05, 4.69) is 10.3 Å². The summed E-state index contributed by atoms with van der Waals surface area (Å²) < 4.78 is 26.2. The van der Waals surface area contributed by atoms with Crippen LogP contribution in [0.2, 0.25) is 0 Å². The number of aromatic nitrogens is 1. The first-order valence-corrected chi connectivity index (χ1v) is 11.5. The summed E-state index contributed by atoms with van der Waals surface area (Å²) in [6.07, 6.45) is 4.60. The van der Waals surface area contributed by atoms with Gasteiger partial charge in [0.2, 0.25) is 0 Å². The van der Waals surface area contributed by atoms with E-state index in [0.29, 0.717) is 28.2 Å². The standard InChI is InChI=1S/C27H29F2N3O3/c1-26(2,34)13-12-15-8-9-16-21(14-15)30-18-11-10-17(27(3,4)35)23(22(16)18)32-25(33)20-7-5-6-19(31-20)24(28)29/h5-11,14-15,24,34-35H,12-13H2,1-4H3,(H,32,33). The lowest BCUT2D eigenvalue weighted by Gasteiger charge is -2.23. The van der Waals surface area contributed by atoms with Gasteiger partial charge in [0.1, 0.15) is 11.4 Å². The Morgan fingerprint density at radius 3 is 2.54 bits per heavy atom. The van der Waals surface area contributed by atoms with Gasteiger partial charge in [-0.1, -0.05) is 30.4 Å². The van der Waals surface area contributed by atoms with Crippen LogP contribution in [0.4, 0.5) is 14.5 Å². The number of anilines is 1. The molecule has 1 aliphatic carbocycles. The Hall–Kier alpha value is -3.23. The Morgan fingerprint density at radius 2 is 1.89 bits per heavy atom. The molecule has 0 bridgehead atoms. The number of nitrogens with zero attached hydrogens (tertiary/aromatic N) is 2. The zero-order valence-corrected chi connectivity index (χ0v) is 20.1. The predicted molar refractivity (Wildman–Crippen MR) is 129 cm³/mol. The minimum Gasteiger partial charge on any atom is -0.390 e. The topological polar surface area (TPSA) is 94.8 Å². The van der Waals surface area contributed by atoms with Gasteiger partial charge in [0.15, 0.2) is 0 Å². The number of amides is 1. The van der Waals surface area contributed by atoms with Gasteiger partial charge in [-0.2, -0.15) is 0 Å². The lowest BCUT2D eigenvalue weighted by molar-refractivity contribution is 0.0669. The average Bonchev–Trinajstić information content (AvgIpc) is 3.14. The number of benzene rings is 1. The summed E-state index contributed by atoms with van der Waals surface area (Å²) in [7, 11) is 0. The van der Waals surface area contributed by atoms with Gasteiger partial charge in [-0.25, -0.2) is 18.8 Å². The predicted octanol–water partition coefficient (Wildman–Crippen LogP) is 3.90. The van der Waals surface area contributed by atoms with Crippen molar-refractivity contribution in [1.82, 2.24) is 4.98 Å². The van der Waals surface area contributed by atoms with E-state index in [1.165, 1.54) is 12.1 Å². The number of carbonyl (C=O) groups is 1. The van der Waals surface area contributed by atoms with Gasteiger partial charge in [0.25, 0.3) is 12.3 Å². The van der Waals surface area contributed by atoms with Crippen molar-refractivity contribution in [2.45, 2.75) is 58.2 Å². The van der Waals surface area contributed by atoms with E-state index in [4.69, 9.17) is 4.99 Å². The molecule has 4 rings (SSSR count). The second-order valence-electron chi connectivity index (χ2n) is 10.1. The highest BCUT2D eigenvalue weighted by Gasteiger charge is 2.27. The maximum Gasteiger partial charge on any atom is 0.280 e. The number of aliphatic hydroxyl groups is 2. The molecule has 1 aliphatic heterocycles. The molecule has 0 spiro atoms. The molecule has 8 heteroatoms. The Balaban J connectivity index is 1.78. The van der Waals surface area contributed by atoms with E-state index in [9.17, 15) is 23.8 Å². The molecule has 0 saturated carbocycles. The number of hydrogen-bond donors (Lipinski definition) is 3. The summed E-state index contributed by atoms with van der Waals surface area (Å²) in [5.74, 6) is -0.557. The first kappa shape index (κ1) is 24.9. The number of halogens is 2. The summed E-state index contributed by atoms with van der Waals surface area (Å²) in [4.78, 5) is 21.6. The lowest BCUT2D eigenvalue weighted by Crippen LogP contribution is -2.34. The number of pyridine rings is 1. The van der Waals surface area contributed by atoms with E-state index in [0.717, 1.165) is 23.8 Å². The maximum absolute atomic E-state index is 13.1. The molecule has 3 N–H and O–H groups in total. The number of rotatable bonds is 7. The minimum absolute atomic E-state index is 0.103. The lowest BCUT2D eigenvalue weighted by atomic mass is 9.89. The molecule has 1 aromatic heterocycles. The third-order valence-electron chi connectivity index (χ3n) is 6.07. The molecule has 0 saturated heterocycles. The third-order valence-corrected chi connectivity index (χ3v) is 6.07. The van der Waals surface area contributed by atoms with Crippen LogP contribution >= 0.6 is 0 Å². The Kier molecular flexibility index (Phi) is 6.46. The zero-order chi connectivity index (χ0) is 25.5. The first-order chi connectivity index (χ1) is 16.3. The molecule has 0 fully saturated rings. The number of carbonyl (C=O) groups excluding carboxylic acids is 1. The monoisotopic (exact) mass is 481 g/mol. The molecule has 2 heterocycles. The van der Waals surface area contributed by atoms with Crippen LogP contribution in [-0.4, -0.2) is 26.7 Å². The highest BCUT2D eigenvalue weighted by Crippen LogP contribution is 2.31. The number of fused-ring (bicyclic) bond motifs is 2. The fourth-order valence-electron chi connectivity index (χ4n) is 4.27. The Bertz CT molecular complexity index is 1350. The van der Waals surface area contributed by atoms with Crippen LogP contribution in [-0.2, 0) is 5.60 Å². The van der Waals surface area contributed by atoms with Crippen molar-refractivity contribution in [2.75, 3.05) is 5.32 Å². The van der Waals surface area contributed by atoms with Crippen LogP contribution < -0.4 is 15.9 Å². The molecule has 1 atom stereocenters. The van der Waals surface area contributed by atoms with Gasteiger partial charge in [0, 0.05) is 16.4 Å². The second-order valence-corrected chi connectivity index (χ2v) is 10.1. The van der Waals surface area contributed by atoms with E-state index in [1.807, 2.05) is 18.2 Å². The summed E-state index contributed by atoms with van der Waals surface area (Å²) in [5, 5.41) is 25.0. The molecule has 6 nitrogen and oxygen atoms in total. The van der Waals surface area contributed by atoms with Crippen LogP contribution in [0, 0.1) is 5.92 Å². The Labute approximate surface area is 202 Å². The van der Waals surface area contributed by atoms with Crippen LogP contribution in [0.5, 0.6) is 0 Å². The van der Waals surface area contributed by atoms with Crippen molar-refractivity contribution in [1.29, 1.82) is 0 Å². The van der Waals surface area contributed by atoms with E-state index >= 15 is 0 Å². The molecular formula is C27H29F2N3O3. The van der Waals surface area contributed by atoms with Crippen molar-refractivity contribution in [3.05, 3.63) is 81.8 Å². The zero-order valence-electron chi connectivity index (χ0n) is 20.1. The van der Waals surface area contributed by atoms with E-state index in [-0.39, 0.29) is 11.6 Å². The molecule has 1 unspecified atom stereocenters. The van der Waals surface area contributed by atoms with Gasteiger partial charge in [-0.15, -0.1) is 0 Å². The highest BCUT2D eigenvalue weighted by molar-refractivity contribution is 6.04. The third kappa shape index (κ3) is 5.39. The average molecular weight is 482 g/mol. The summed E-state index contributed by atoms with van der Waals surface area (Å²) in [6.45, 7) is 6.77. The molecule has 184 valence electrons. The smallest absolute Gasteiger partial charge is 0.280 e. The summed E-state index contributed by atoms with van der Waals surface area (Å²) >= 11 is 0. The first-order valence-electron chi connectivity index (χ1n) is 11.5. The normalized spacial score (nSPS) is 17.1. The fraction of sp³-hybridized carbons (Fsp3) is 0.370. The van der Waals surface area contributed by atoms with Gasteiger partial charge >= 0.3 is 0 Å². The molecule has 0 radical (unpaired) electrons. The van der Waals surface area contributed by atoms with Crippen LogP contribution in [0.3, 0.4) is 0 Å². The molecule has 1 amide bonds. The van der Waals surface area contributed by atoms with Gasteiger partial charge < -0.3 is 15.5 Å².